The van der Waals surface area contributed by atoms with Crippen molar-refractivity contribution in [3.63, 3.8) is 0 Å². The molecule has 6 rings (SSSR count). The lowest BCUT2D eigenvalue weighted by Crippen LogP contribution is -1.98. The van der Waals surface area contributed by atoms with E-state index in [0.717, 1.165) is 25.8 Å². The van der Waals surface area contributed by atoms with Crippen LogP contribution in [0.3, 0.4) is 0 Å². The zero-order valence-corrected chi connectivity index (χ0v) is 24.0. The maximum Gasteiger partial charge on any atom is 0.280 e. The van der Waals surface area contributed by atoms with Crippen molar-refractivity contribution in [2.24, 2.45) is 4.99 Å². The van der Waals surface area contributed by atoms with Crippen molar-refractivity contribution in [1.82, 2.24) is 4.98 Å². The van der Waals surface area contributed by atoms with Crippen LogP contribution in [-0.4, -0.2) is 21.7 Å². The molecule has 0 aromatic carbocycles. The maximum absolute atomic E-state index is 13.2. The number of nitrogens with one attached hydrogen (secondary N) is 1. The molecule has 1 aliphatic heterocycles. The van der Waals surface area contributed by atoms with Gasteiger partial charge in [-0.05, 0) is 88.1 Å². The van der Waals surface area contributed by atoms with Gasteiger partial charge in [0.15, 0.2) is 5.88 Å². The number of aromatic nitrogens is 1. The van der Waals surface area contributed by atoms with Crippen molar-refractivity contribution < 1.29 is 9.90 Å². The molecule has 0 unspecified atom stereocenters. The summed E-state index contributed by atoms with van der Waals surface area (Å²) >= 11 is 6.84. The van der Waals surface area contributed by atoms with Crippen molar-refractivity contribution in [2.75, 3.05) is 0 Å². The summed E-state index contributed by atoms with van der Waals surface area (Å²) in [4.78, 5) is 30.1. The van der Waals surface area contributed by atoms with Crippen molar-refractivity contribution in [3.05, 3.63) is 72.3 Å². The molecule has 0 bridgehead atoms. The molecule has 0 radical (unpaired) electrons. The van der Waals surface area contributed by atoms with Gasteiger partial charge in [0, 0.05) is 29.3 Å². The molecule has 1 aliphatic rings. The van der Waals surface area contributed by atoms with Crippen LogP contribution in [0.1, 0.15) is 52.8 Å². The minimum atomic E-state index is -0.304. The van der Waals surface area contributed by atoms with Crippen LogP contribution in [0.2, 0.25) is 0 Å². The van der Waals surface area contributed by atoms with E-state index in [1.54, 1.807) is 45.3 Å². The first kappa shape index (κ1) is 23.6. The number of H-pyrrole nitrogens is 1. The van der Waals surface area contributed by atoms with E-state index >= 15 is 0 Å². The van der Waals surface area contributed by atoms with Gasteiger partial charge in [0.25, 0.3) is 5.91 Å². The van der Waals surface area contributed by atoms with Crippen LogP contribution in [0.4, 0.5) is 0 Å². The zero-order valence-electron chi connectivity index (χ0n) is 20.7. The molecule has 4 nitrogen and oxygen atoms in total. The molecule has 5 aromatic heterocycles. The fourth-order valence-electron chi connectivity index (χ4n) is 4.92. The summed E-state index contributed by atoms with van der Waals surface area (Å²) in [5.41, 5.74) is 6.84. The molecule has 36 heavy (non-hydrogen) atoms. The van der Waals surface area contributed by atoms with E-state index in [1.807, 2.05) is 6.92 Å². The van der Waals surface area contributed by atoms with Gasteiger partial charge in [0.05, 0.1) is 32.3 Å². The zero-order chi connectivity index (χ0) is 25.5. The summed E-state index contributed by atoms with van der Waals surface area (Å²) in [6, 6.07) is 8.73. The first-order valence-corrected chi connectivity index (χ1v) is 14.8. The Labute approximate surface area is 225 Å². The van der Waals surface area contributed by atoms with E-state index in [2.05, 4.69) is 68.9 Å². The molecular weight excluding hydrogens is 525 g/mol. The lowest BCUT2D eigenvalue weighted by molar-refractivity contribution is 0.101. The Morgan fingerprint density at radius 1 is 0.667 bits per heavy atom. The van der Waals surface area contributed by atoms with Crippen molar-refractivity contribution in [2.45, 2.75) is 41.5 Å². The van der Waals surface area contributed by atoms with Gasteiger partial charge in [-0.25, -0.2) is 4.99 Å². The highest BCUT2D eigenvalue weighted by atomic mass is 32.1. The fraction of sp³-hybridized carbons (Fsp3) is 0.214. The molecule has 182 valence electrons. The number of fused-ring (bicyclic) bond motifs is 1. The van der Waals surface area contributed by atoms with Gasteiger partial charge in [-0.3, -0.25) is 4.79 Å². The van der Waals surface area contributed by atoms with Crippen molar-refractivity contribution in [1.29, 1.82) is 0 Å². The normalized spacial score (nSPS) is 13.1. The van der Waals surface area contributed by atoms with Crippen LogP contribution in [0.5, 0.6) is 5.88 Å². The van der Waals surface area contributed by atoms with Gasteiger partial charge in [-0.2, -0.15) is 0 Å². The number of aliphatic imine (C=N–C) groups is 1. The third-order valence-electron chi connectivity index (χ3n) is 6.45. The number of carbonyl (C=O) groups is 1. The number of aromatic amines is 1. The van der Waals surface area contributed by atoms with Gasteiger partial charge in [-0.1, -0.05) is 0 Å². The predicted molar refractivity (Wildman–Crippen MR) is 155 cm³/mol. The second kappa shape index (κ2) is 8.38. The average Bonchev–Trinajstić information content (AvgIpc) is 3.61. The first-order valence-electron chi connectivity index (χ1n) is 11.6. The summed E-state index contributed by atoms with van der Waals surface area (Å²) in [5.74, 6) is -0.304. The molecule has 6 heterocycles. The highest BCUT2D eigenvalue weighted by Crippen LogP contribution is 2.47. The standard InChI is InChI=1S/C28H24N2O2S4/c1-11-7-15(5)33-23(11)17-9-13(3)25(35-17)21-19-20(28(32)29-21)22(30-27(19)31)26-14(4)10-18(36-26)24-12(2)8-16(6)34-24/h7-10,29,32H,1-6H3. The monoisotopic (exact) mass is 548 g/mol. The van der Waals surface area contributed by atoms with Crippen LogP contribution in [0, 0.1) is 41.5 Å². The van der Waals surface area contributed by atoms with Gasteiger partial charge < -0.3 is 10.1 Å². The summed E-state index contributed by atoms with van der Waals surface area (Å²) in [5, 5.41) is 11.0. The molecule has 0 saturated heterocycles. The van der Waals surface area contributed by atoms with E-state index in [9.17, 15) is 9.90 Å². The van der Waals surface area contributed by atoms with Gasteiger partial charge in [0.1, 0.15) is 0 Å². The number of amides is 1. The predicted octanol–water partition coefficient (Wildman–Crippen LogP) is 8.81. The van der Waals surface area contributed by atoms with Crippen LogP contribution < -0.4 is 0 Å². The summed E-state index contributed by atoms with van der Waals surface area (Å²) in [6.07, 6.45) is 0. The summed E-state index contributed by atoms with van der Waals surface area (Å²) in [7, 11) is 0. The minimum absolute atomic E-state index is 0.000373. The molecule has 5 aromatic rings. The van der Waals surface area contributed by atoms with Crippen LogP contribution in [-0.2, 0) is 0 Å². The number of nitrogens with zero attached hydrogens (tertiary/aromatic N) is 1. The van der Waals surface area contributed by atoms with Gasteiger partial charge >= 0.3 is 0 Å². The molecule has 0 fully saturated rings. The maximum atomic E-state index is 13.2. The molecule has 0 saturated carbocycles. The minimum Gasteiger partial charge on any atom is -0.494 e. The Morgan fingerprint density at radius 2 is 1.17 bits per heavy atom. The number of aromatic hydroxyl groups is 1. The van der Waals surface area contributed by atoms with Crippen LogP contribution in [0.15, 0.2) is 29.3 Å². The van der Waals surface area contributed by atoms with E-state index in [0.29, 0.717) is 22.5 Å². The first-order chi connectivity index (χ1) is 17.1. The van der Waals surface area contributed by atoms with E-state index in [4.69, 9.17) is 0 Å². The van der Waals surface area contributed by atoms with Gasteiger partial charge in [0.2, 0.25) is 0 Å². The highest BCUT2D eigenvalue weighted by Gasteiger charge is 2.36. The van der Waals surface area contributed by atoms with Crippen molar-refractivity contribution >= 4 is 57.0 Å². The molecular formula is C28H24N2O2S4. The summed E-state index contributed by atoms with van der Waals surface area (Å²) in [6.45, 7) is 12.6. The quantitative estimate of drug-likeness (QED) is 0.236. The third-order valence-corrected chi connectivity index (χ3v) is 11.6. The second-order valence-corrected chi connectivity index (χ2v) is 14.0. The van der Waals surface area contributed by atoms with E-state index in [-0.39, 0.29) is 11.8 Å². The topological polar surface area (TPSA) is 65.5 Å². The fourth-order valence-corrected chi connectivity index (χ4v) is 9.65. The molecule has 0 atom stereocenters. The van der Waals surface area contributed by atoms with Crippen molar-refractivity contribution in [3.8, 4) is 36.0 Å². The smallest absolute Gasteiger partial charge is 0.280 e. The lowest BCUT2D eigenvalue weighted by atomic mass is 10.0. The number of carbonyl (C=O) groups excluding carboxylic acids is 1. The Kier molecular flexibility index (Phi) is 5.50. The Morgan fingerprint density at radius 3 is 1.69 bits per heavy atom. The molecule has 0 aliphatic carbocycles. The Hall–Kier alpha value is -2.78. The van der Waals surface area contributed by atoms with E-state index in [1.165, 1.54) is 35.5 Å². The number of thiophene rings is 4. The lowest BCUT2D eigenvalue weighted by Gasteiger charge is -1.99. The van der Waals surface area contributed by atoms with Crippen LogP contribution in [0.25, 0.3) is 30.1 Å². The average molecular weight is 549 g/mol. The van der Waals surface area contributed by atoms with Crippen LogP contribution >= 0.6 is 45.3 Å². The molecule has 2 N–H and O–H groups in total. The largest absolute Gasteiger partial charge is 0.494 e. The summed E-state index contributed by atoms with van der Waals surface area (Å²) < 4.78 is 0. The Bertz CT molecular complexity index is 1730. The molecule has 8 heteroatoms. The number of hydrogen-bond donors (Lipinski definition) is 2. The number of aryl methyl sites for hydroxylation is 6. The Balaban J connectivity index is 1.45. The van der Waals surface area contributed by atoms with E-state index < -0.39 is 0 Å². The molecule has 1 amide bonds. The van der Waals surface area contributed by atoms with Gasteiger partial charge in [-0.15, -0.1) is 45.3 Å². The second-order valence-electron chi connectivity index (χ2n) is 9.35. The highest BCUT2D eigenvalue weighted by molar-refractivity contribution is 7.24. The molecule has 0 spiro atoms. The third kappa shape index (κ3) is 3.58. The SMILES string of the molecule is Cc1cc(C)c(-c2cc(C)c(C3=NC(=O)c4c(-c5sc(-c6sc(C)cc6C)cc5C)[nH]c(O)c43)s2)s1. The number of rotatable bonds is 4. The number of hydrogen-bond acceptors (Lipinski definition) is 6.